The van der Waals surface area contributed by atoms with E-state index in [9.17, 15) is 8.78 Å². The minimum Gasteiger partial charge on any atom is -0.476 e. The van der Waals surface area contributed by atoms with Crippen LogP contribution in [0.2, 0.25) is 0 Å². The van der Waals surface area contributed by atoms with E-state index in [1.54, 1.807) is 0 Å². The highest BCUT2D eigenvalue weighted by Crippen LogP contribution is 2.20. The summed E-state index contributed by atoms with van der Waals surface area (Å²) in [6.07, 6.45) is 4.06. The molecule has 6 heteroatoms. The van der Waals surface area contributed by atoms with E-state index < -0.39 is 11.6 Å². The molecule has 1 rings (SSSR count). The van der Waals surface area contributed by atoms with Gasteiger partial charge in [-0.1, -0.05) is 26.2 Å². The third-order valence-corrected chi connectivity index (χ3v) is 2.27. The lowest BCUT2D eigenvalue weighted by Gasteiger charge is -2.08. The largest absolute Gasteiger partial charge is 0.476 e. The fraction of sp³-hybridized carbons (Fsp3) is 0.545. The number of rotatable bonds is 7. The minimum absolute atomic E-state index is 0.226. The number of hydrogen-bond donors (Lipinski definition) is 2. The number of halogens is 2. The van der Waals surface area contributed by atoms with Crippen LogP contribution in [0.5, 0.6) is 5.88 Å². The predicted octanol–water partition coefficient (Wildman–Crippen LogP) is 2.60. The normalized spacial score (nSPS) is 10.4. The lowest BCUT2D eigenvalue weighted by Crippen LogP contribution is -2.12. The first-order valence-electron chi connectivity index (χ1n) is 5.64. The van der Waals surface area contributed by atoms with Gasteiger partial charge in [0.2, 0.25) is 0 Å². The number of nitrogens with two attached hydrogens (primary N) is 1. The smallest absolute Gasteiger partial charge is 0.252 e. The Hall–Kier alpha value is -1.43. The van der Waals surface area contributed by atoms with Crippen LogP contribution >= 0.6 is 0 Å². The average Bonchev–Trinajstić information content (AvgIpc) is 2.31. The zero-order valence-electron chi connectivity index (χ0n) is 9.80. The van der Waals surface area contributed by atoms with Crippen LogP contribution in [0.4, 0.5) is 14.6 Å². The zero-order chi connectivity index (χ0) is 12.7. The van der Waals surface area contributed by atoms with Crippen molar-refractivity contribution in [1.82, 2.24) is 4.98 Å². The molecule has 1 heterocycles. The molecule has 0 amide bonds. The van der Waals surface area contributed by atoms with E-state index >= 15 is 0 Å². The Morgan fingerprint density at radius 3 is 2.71 bits per heavy atom. The van der Waals surface area contributed by atoms with Crippen LogP contribution in [0.25, 0.3) is 0 Å². The number of aromatic nitrogens is 1. The molecule has 0 spiro atoms. The van der Waals surface area contributed by atoms with E-state index in [0.717, 1.165) is 25.7 Å². The van der Waals surface area contributed by atoms with Crippen molar-refractivity contribution >= 4 is 5.82 Å². The molecule has 0 bridgehead atoms. The number of nitrogens with zero attached hydrogens (tertiary/aromatic N) is 1. The molecule has 0 aliphatic heterocycles. The monoisotopic (exact) mass is 245 g/mol. The molecule has 1 aromatic heterocycles. The molecule has 0 saturated heterocycles. The first kappa shape index (κ1) is 13.6. The Bertz CT molecular complexity index is 361. The molecule has 0 fully saturated rings. The van der Waals surface area contributed by atoms with Gasteiger partial charge in [0.05, 0.1) is 6.61 Å². The Kier molecular flexibility index (Phi) is 5.62. The molecule has 1 aromatic rings. The van der Waals surface area contributed by atoms with Crippen molar-refractivity contribution in [3.05, 3.63) is 17.7 Å². The average molecular weight is 245 g/mol. The van der Waals surface area contributed by atoms with Gasteiger partial charge in [-0.2, -0.15) is 4.98 Å². The van der Waals surface area contributed by atoms with Gasteiger partial charge >= 0.3 is 0 Å². The summed E-state index contributed by atoms with van der Waals surface area (Å²) >= 11 is 0. The minimum atomic E-state index is -0.844. The molecule has 0 saturated carbocycles. The van der Waals surface area contributed by atoms with Crippen LogP contribution in [-0.4, -0.2) is 11.6 Å². The molecule has 0 aliphatic rings. The van der Waals surface area contributed by atoms with Gasteiger partial charge in [0, 0.05) is 6.07 Å². The number of nitrogen functional groups attached to an aromatic ring is 1. The van der Waals surface area contributed by atoms with Crippen LogP contribution in [-0.2, 0) is 0 Å². The number of ether oxygens (including phenoxy) is 1. The van der Waals surface area contributed by atoms with E-state index in [2.05, 4.69) is 11.9 Å². The second-order valence-corrected chi connectivity index (χ2v) is 3.66. The van der Waals surface area contributed by atoms with E-state index in [-0.39, 0.29) is 11.7 Å². The van der Waals surface area contributed by atoms with E-state index in [1.807, 2.05) is 5.43 Å². The quantitative estimate of drug-likeness (QED) is 0.440. The molecule has 96 valence electrons. The molecule has 0 unspecified atom stereocenters. The number of hydrogen-bond acceptors (Lipinski definition) is 4. The molecule has 0 aliphatic carbocycles. The Morgan fingerprint density at radius 2 is 2.06 bits per heavy atom. The van der Waals surface area contributed by atoms with Gasteiger partial charge in [0.1, 0.15) is 0 Å². The van der Waals surface area contributed by atoms with E-state index in [4.69, 9.17) is 10.6 Å². The van der Waals surface area contributed by atoms with Gasteiger partial charge in [0.25, 0.3) is 5.88 Å². The number of nitrogens with one attached hydrogen (secondary N) is 1. The van der Waals surface area contributed by atoms with Gasteiger partial charge in [0.15, 0.2) is 17.5 Å². The molecule has 0 radical (unpaired) electrons. The fourth-order valence-corrected chi connectivity index (χ4v) is 1.35. The van der Waals surface area contributed by atoms with Crippen LogP contribution in [0.1, 0.15) is 32.6 Å². The van der Waals surface area contributed by atoms with Crippen LogP contribution in [0.3, 0.4) is 0 Å². The summed E-state index contributed by atoms with van der Waals surface area (Å²) in [7, 11) is 0. The Morgan fingerprint density at radius 1 is 1.29 bits per heavy atom. The van der Waals surface area contributed by atoms with Crippen molar-refractivity contribution in [1.29, 1.82) is 0 Å². The topological polar surface area (TPSA) is 60.2 Å². The number of anilines is 1. The van der Waals surface area contributed by atoms with Crippen molar-refractivity contribution in [2.24, 2.45) is 5.84 Å². The van der Waals surface area contributed by atoms with Gasteiger partial charge in [-0.05, 0) is 6.42 Å². The van der Waals surface area contributed by atoms with E-state index in [0.29, 0.717) is 12.7 Å². The van der Waals surface area contributed by atoms with Gasteiger partial charge in [-0.25, -0.2) is 14.6 Å². The summed E-state index contributed by atoms with van der Waals surface area (Å²) < 4.78 is 31.4. The van der Waals surface area contributed by atoms with Crippen molar-refractivity contribution in [3.8, 4) is 5.88 Å². The maximum absolute atomic E-state index is 13.2. The highest BCUT2D eigenvalue weighted by molar-refractivity contribution is 5.38. The second kappa shape index (κ2) is 7.01. The molecule has 17 heavy (non-hydrogen) atoms. The van der Waals surface area contributed by atoms with E-state index in [1.165, 1.54) is 0 Å². The molecular weight excluding hydrogens is 228 g/mol. The third-order valence-electron chi connectivity index (χ3n) is 2.27. The summed E-state index contributed by atoms with van der Waals surface area (Å²) in [6.45, 7) is 2.46. The van der Waals surface area contributed by atoms with Crippen molar-refractivity contribution in [3.63, 3.8) is 0 Å². The second-order valence-electron chi connectivity index (χ2n) is 3.66. The first-order chi connectivity index (χ1) is 8.19. The van der Waals surface area contributed by atoms with Crippen LogP contribution in [0.15, 0.2) is 6.07 Å². The summed E-state index contributed by atoms with van der Waals surface area (Å²) in [5.74, 6) is 2.91. The van der Waals surface area contributed by atoms with Crippen LogP contribution in [0, 0.1) is 11.6 Å². The van der Waals surface area contributed by atoms with Gasteiger partial charge < -0.3 is 10.2 Å². The standard InChI is InChI=1S/C11H17F2N3O/c1-2-3-4-5-6-17-11-9(13)7-8(12)10(15-11)16-14/h7H,2-6,14H2,1H3,(H,15,16). The summed E-state index contributed by atoms with van der Waals surface area (Å²) in [5.41, 5.74) is 2.04. The highest BCUT2D eigenvalue weighted by atomic mass is 19.1. The number of hydrazine groups is 1. The number of unbranched alkanes of at least 4 members (excludes halogenated alkanes) is 3. The SMILES string of the molecule is CCCCCCOc1nc(NN)c(F)cc1F. The maximum Gasteiger partial charge on any atom is 0.252 e. The molecule has 0 atom stereocenters. The lowest BCUT2D eigenvalue weighted by atomic mass is 10.2. The number of pyridine rings is 1. The third kappa shape index (κ3) is 4.14. The molecule has 4 nitrogen and oxygen atoms in total. The fourth-order valence-electron chi connectivity index (χ4n) is 1.35. The first-order valence-corrected chi connectivity index (χ1v) is 5.64. The summed E-state index contributed by atoms with van der Waals surface area (Å²) in [5, 5.41) is 0. The molecular formula is C11H17F2N3O. The van der Waals surface area contributed by atoms with Gasteiger partial charge in [-0.15, -0.1) is 0 Å². The summed E-state index contributed by atoms with van der Waals surface area (Å²) in [4.78, 5) is 3.60. The lowest BCUT2D eigenvalue weighted by molar-refractivity contribution is 0.277. The Labute approximate surface area is 99.1 Å². The predicted molar refractivity (Wildman–Crippen MR) is 61.6 cm³/mol. The van der Waals surface area contributed by atoms with Crippen molar-refractivity contribution < 1.29 is 13.5 Å². The summed E-state index contributed by atoms with van der Waals surface area (Å²) in [6, 6.07) is 0.698. The Balaban J connectivity index is 2.52. The maximum atomic E-state index is 13.2. The van der Waals surface area contributed by atoms with Crippen molar-refractivity contribution in [2.75, 3.05) is 12.0 Å². The molecule has 3 N–H and O–H groups in total. The van der Waals surface area contributed by atoms with Crippen LogP contribution < -0.4 is 16.0 Å². The van der Waals surface area contributed by atoms with Gasteiger partial charge in [-0.3, -0.25) is 0 Å². The van der Waals surface area contributed by atoms with Crippen molar-refractivity contribution in [2.45, 2.75) is 32.6 Å². The zero-order valence-corrected chi connectivity index (χ0v) is 9.80. The molecule has 0 aromatic carbocycles. The highest BCUT2D eigenvalue weighted by Gasteiger charge is 2.11.